The molecule has 26 heavy (non-hydrogen) atoms. The van der Waals surface area contributed by atoms with Gasteiger partial charge in [0.2, 0.25) is 0 Å². The summed E-state index contributed by atoms with van der Waals surface area (Å²) in [5.74, 6) is 1.62. The summed E-state index contributed by atoms with van der Waals surface area (Å²) >= 11 is 0. The van der Waals surface area contributed by atoms with E-state index in [1.54, 1.807) is 13.2 Å². The zero-order chi connectivity index (χ0) is 18.5. The van der Waals surface area contributed by atoms with Crippen molar-refractivity contribution in [3.63, 3.8) is 0 Å². The first-order valence-electron chi connectivity index (χ1n) is 8.79. The summed E-state index contributed by atoms with van der Waals surface area (Å²) in [5, 5.41) is 10.6. The van der Waals surface area contributed by atoms with Crippen LogP contribution in [0.4, 0.5) is 0 Å². The maximum absolute atomic E-state index is 12.7. The maximum Gasteiger partial charge on any atom is 0.174 e. The van der Waals surface area contributed by atoms with E-state index in [1.165, 1.54) is 0 Å². The van der Waals surface area contributed by atoms with E-state index in [4.69, 9.17) is 14.2 Å². The summed E-state index contributed by atoms with van der Waals surface area (Å²) in [6.45, 7) is 4.03. The Morgan fingerprint density at radius 3 is 2.62 bits per heavy atom. The number of fused-ring (bicyclic) bond motifs is 2. The van der Waals surface area contributed by atoms with Crippen LogP contribution >= 0.6 is 0 Å². The minimum atomic E-state index is -0.394. The summed E-state index contributed by atoms with van der Waals surface area (Å²) < 4.78 is 17.3. The topological polar surface area (TPSA) is 65.0 Å². The van der Waals surface area contributed by atoms with Crippen LogP contribution in [0.25, 0.3) is 0 Å². The summed E-state index contributed by atoms with van der Waals surface area (Å²) in [6, 6.07) is 9.21. The van der Waals surface area contributed by atoms with E-state index < -0.39 is 6.10 Å². The normalized spacial score (nSPS) is 20.4. The fraction of sp³-hybridized carbons (Fsp3) is 0.381. The number of ketones is 1. The number of hydrogen-bond acceptors (Lipinski definition) is 5. The zero-order valence-corrected chi connectivity index (χ0v) is 15.2. The van der Waals surface area contributed by atoms with Crippen LogP contribution in [-0.4, -0.2) is 23.6 Å². The fourth-order valence-electron chi connectivity index (χ4n) is 3.60. The van der Waals surface area contributed by atoms with E-state index in [1.807, 2.05) is 38.1 Å². The van der Waals surface area contributed by atoms with Crippen LogP contribution in [0.3, 0.4) is 0 Å². The standard InChI is InChI=1S/C21H22O5/c1-21(2)9-8-14-17(26-21)11-18-19(20(14)23)15(22)10-16(25-18)12-4-6-13(24-3)7-5-12/h4-7,11,16,23H,8-10H2,1-3H3. The molecule has 1 atom stereocenters. The van der Waals surface area contributed by atoms with Gasteiger partial charge in [0, 0.05) is 11.6 Å². The van der Waals surface area contributed by atoms with Crippen molar-refractivity contribution < 1.29 is 24.1 Å². The van der Waals surface area contributed by atoms with Gasteiger partial charge in [0.15, 0.2) is 5.78 Å². The first-order chi connectivity index (χ1) is 12.4. The Labute approximate surface area is 152 Å². The molecule has 1 unspecified atom stereocenters. The number of phenolic OH excluding ortho intramolecular Hbond substituents is 1. The van der Waals surface area contributed by atoms with Crippen molar-refractivity contribution in [1.82, 2.24) is 0 Å². The second-order valence-electron chi connectivity index (χ2n) is 7.44. The number of hydrogen-bond donors (Lipinski definition) is 1. The minimum absolute atomic E-state index is 0.00572. The highest BCUT2D eigenvalue weighted by Gasteiger charge is 2.36. The van der Waals surface area contributed by atoms with Gasteiger partial charge >= 0.3 is 0 Å². The second-order valence-corrected chi connectivity index (χ2v) is 7.44. The molecule has 2 aliphatic rings. The molecule has 0 aromatic heterocycles. The highest BCUT2D eigenvalue weighted by atomic mass is 16.5. The Morgan fingerprint density at radius 1 is 1.19 bits per heavy atom. The van der Waals surface area contributed by atoms with Gasteiger partial charge in [-0.3, -0.25) is 4.79 Å². The molecule has 2 aromatic rings. The third-order valence-electron chi connectivity index (χ3n) is 5.10. The van der Waals surface area contributed by atoms with E-state index in [0.29, 0.717) is 23.5 Å². The predicted octanol–water partition coefficient (Wildman–Crippen LogP) is 4.21. The van der Waals surface area contributed by atoms with Gasteiger partial charge in [-0.05, 0) is 44.4 Å². The molecule has 0 amide bonds. The summed E-state index contributed by atoms with van der Waals surface area (Å²) in [4.78, 5) is 12.7. The Bertz CT molecular complexity index is 867. The van der Waals surface area contributed by atoms with E-state index in [9.17, 15) is 9.90 Å². The molecule has 5 nitrogen and oxygen atoms in total. The van der Waals surface area contributed by atoms with E-state index >= 15 is 0 Å². The molecule has 1 N–H and O–H groups in total. The highest BCUT2D eigenvalue weighted by Crippen LogP contribution is 2.48. The maximum atomic E-state index is 12.7. The van der Waals surface area contributed by atoms with Gasteiger partial charge in [-0.25, -0.2) is 0 Å². The molecule has 4 rings (SSSR count). The Kier molecular flexibility index (Phi) is 3.83. The van der Waals surface area contributed by atoms with Gasteiger partial charge in [0.1, 0.15) is 40.3 Å². The summed E-state index contributed by atoms with van der Waals surface area (Å²) in [5.41, 5.74) is 1.56. The molecule has 0 radical (unpaired) electrons. The number of methoxy groups -OCH3 is 1. The molecule has 2 aromatic carbocycles. The Balaban J connectivity index is 1.71. The van der Waals surface area contributed by atoms with Gasteiger partial charge in [-0.2, -0.15) is 0 Å². The number of rotatable bonds is 2. The van der Waals surface area contributed by atoms with Crippen molar-refractivity contribution in [3.8, 4) is 23.0 Å². The van der Waals surface area contributed by atoms with Crippen LogP contribution in [0.1, 0.15) is 54.3 Å². The minimum Gasteiger partial charge on any atom is -0.507 e. The van der Waals surface area contributed by atoms with Crippen LogP contribution < -0.4 is 14.2 Å². The highest BCUT2D eigenvalue weighted by molar-refractivity contribution is 6.03. The largest absolute Gasteiger partial charge is 0.507 e. The molecule has 0 bridgehead atoms. The van der Waals surface area contributed by atoms with E-state index in [-0.39, 0.29) is 29.1 Å². The van der Waals surface area contributed by atoms with Crippen LogP contribution in [0, 0.1) is 0 Å². The van der Waals surface area contributed by atoms with Crippen molar-refractivity contribution in [1.29, 1.82) is 0 Å². The van der Waals surface area contributed by atoms with Gasteiger partial charge in [0.25, 0.3) is 0 Å². The first-order valence-corrected chi connectivity index (χ1v) is 8.79. The number of carbonyl (C=O) groups excluding carboxylic acids is 1. The quantitative estimate of drug-likeness (QED) is 0.875. The average molecular weight is 354 g/mol. The Hall–Kier alpha value is -2.69. The molecule has 0 saturated heterocycles. The van der Waals surface area contributed by atoms with Gasteiger partial charge < -0.3 is 19.3 Å². The molecular formula is C21H22O5. The summed E-state index contributed by atoms with van der Waals surface area (Å²) in [6.07, 6.45) is 1.26. The van der Waals surface area contributed by atoms with Gasteiger partial charge in [0.05, 0.1) is 13.5 Å². The van der Waals surface area contributed by atoms with Crippen LogP contribution in [-0.2, 0) is 6.42 Å². The number of Topliss-reactive ketones (excluding diaryl/α,β-unsaturated/α-hetero) is 1. The molecule has 136 valence electrons. The third-order valence-corrected chi connectivity index (χ3v) is 5.10. The lowest BCUT2D eigenvalue weighted by molar-refractivity contribution is 0.0783. The van der Waals surface area contributed by atoms with Crippen LogP contribution in [0.15, 0.2) is 30.3 Å². The van der Waals surface area contributed by atoms with Gasteiger partial charge in [-0.1, -0.05) is 12.1 Å². The lowest BCUT2D eigenvalue weighted by atomic mass is 9.89. The smallest absolute Gasteiger partial charge is 0.174 e. The summed E-state index contributed by atoms with van der Waals surface area (Å²) in [7, 11) is 1.61. The number of ether oxygens (including phenoxy) is 3. The lowest BCUT2D eigenvalue weighted by Gasteiger charge is -2.35. The third kappa shape index (κ3) is 2.77. The molecule has 0 fully saturated rings. The molecule has 5 heteroatoms. The number of carbonyl (C=O) groups is 1. The average Bonchev–Trinajstić information content (AvgIpc) is 2.60. The van der Waals surface area contributed by atoms with Crippen LogP contribution in [0.2, 0.25) is 0 Å². The number of benzene rings is 2. The molecule has 0 aliphatic carbocycles. The van der Waals surface area contributed by atoms with Crippen molar-refractivity contribution in [2.24, 2.45) is 0 Å². The molecule has 2 heterocycles. The first kappa shape index (κ1) is 16.8. The van der Waals surface area contributed by atoms with E-state index in [2.05, 4.69) is 0 Å². The molecule has 2 aliphatic heterocycles. The fourth-order valence-corrected chi connectivity index (χ4v) is 3.60. The van der Waals surface area contributed by atoms with Crippen molar-refractivity contribution in [2.45, 2.75) is 44.8 Å². The lowest BCUT2D eigenvalue weighted by Crippen LogP contribution is -2.33. The van der Waals surface area contributed by atoms with Crippen molar-refractivity contribution in [2.75, 3.05) is 7.11 Å². The molecule has 0 spiro atoms. The second kappa shape index (κ2) is 5.94. The SMILES string of the molecule is COc1ccc(C2CC(=O)c3c(cc4c(c3O)CCC(C)(C)O4)O2)cc1. The number of aromatic hydroxyl groups is 1. The van der Waals surface area contributed by atoms with Crippen LogP contribution in [0.5, 0.6) is 23.0 Å². The van der Waals surface area contributed by atoms with Crippen molar-refractivity contribution in [3.05, 3.63) is 47.0 Å². The number of phenols is 1. The Morgan fingerprint density at radius 2 is 1.92 bits per heavy atom. The molecular weight excluding hydrogens is 332 g/mol. The predicted molar refractivity (Wildman–Crippen MR) is 96.4 cm³/mol. The van der Waals surface area contributed by atoms with Crippen molar-refractivity contribution >= 4 is 5.78 Å². The monoisotopic (exact) mass is 354 g/mol. The van der Waals surface area contributed by atoms with Gasteiger partial charge in [-0.15, -0.1) is 0 Å². The molecule has 0 saturated carbocycles. The van der Waals surface area contributed by atoms with E-state index in [0.717, 1.165) is 17.7 Å². The zero-order valence-electron chi connectivity index (χ0n) is 15.2.